The number of carbonyl (C=O) groups is 1. The van der Waals surface area contributed by atoms with E-state index in [4.69, 9.17) is 0 Å². The summed E-state index contributed by atoms with van der Waals surface area (Å²) in [5.41, 5.74) is 0. The average Bonchev–Trinajstić information content (AvgIpc) is 2.53. The minimum Gasteiger partial charge on any atom is -0.302 e. The number of nitro groups is 1. The van der Waals surface area contributed by atoms with E-state index >= 15 is 0 Å². The van der Waals surface area contributed by atoms with Crippen LogP contribution in [0.2, 0.25) is 0 Å². The van der Waals surface area contributed by atoms with Crippen molar-refractivity contribution in [2.45, 2.75) is 6.42 Å². The summed E-state index contributed by atoms with van der Waals surface area (Å²) >= 11 is 0.892. The molecule has 0 amide bonds. The highest BCUT2D eigenvalue weighted by molar-refractivity contribution is 7.15. The number of rotatable bonds is 2. The lowest BCUT2D eigenvalue weighted by Gasteiger charge is -1.76. The topological polar surface area (TPSA) is 73.1 Å². The van der Waals surface area contributed by atoms with Crippen LogP contribution in [0.3, 0.4) is 0 Å². The van der Waals surface area contributed by atoms with E-state index < -0.39 is 4.92 Å². The Morgan fingerprint density at radius 3 is 3.08 bits per heavy atom. The van der Waals surface area contributed by atoms with Gasteiger partial charge in [-0.3, -0.25) is 10.1 Å². The molecule has 0 radical (unpaired) electrons. The first-order valence-corrected chi connectivity index (χ1v) is 4.08. The van der Waals surface area contributed by atoms with Crippen LogP contribution in [0.5, 0.6) is 0 Å². The van der Waals surface area contributed by atoms with Crippen LogP contribution in [-0.2, 0) is 4.79 Å². The van der Waals surface area contributed by atoms with Gasteiger partial charge in [-0.25, -0.2) is 4.98 Å². The van der Waals surface area contributed by atoms with Crippen LogP contribution in [0.1, 0.15) is 11.4 Å². The molecule has 1 aromatic heterocycles. The molecule has 0 aliphatic heterocycles. The fraction of sp³-hybridized carbons (Fsp3) is 0.143. The number of hydrogen-bond donors (Lipinski definition) is 0. The van der Waals surface area contributed by atoms with Crippen LogP contribution in [0, 0.1) is 22.0 Å². The van der Waals surface area contributed by atoms with Crippen molar-refractivity contribution in [1.82, 2.24) is 4.98 Å². The smallest absolute Gasteiger partial charge is 0.302 e. The Hall–Kier alpha value is -1.74. The summed E-state index contributed by atoms with van der Waals surface area (Å²) in [5.74, 6) is 5.05. The van der Waals surface area contributed by atoms with Crippen molar-refractivity contribution in [1.29, 1.82) is 0 Å². The molecule has 5 nitrogen and oxygen atoms in total. The van der Waals surface area contributed by atoms with Crippen molar-refractivity contribution in [2.75, 3.05) is 0 Å². The summed E-state index contributed by atoms with van der Waals surface area (Å²) in [5, 5.41) is 10.5. The number of carbonyl (C=O) groups excluding carboxylic acids is 1. The molecule has 1 rings (SSSR count). The van der Waals surface area contributed by atoms with E-state index in [1.165, 1.54) is 0 Å². The second-order valence-corrected chi connectivity index (χ2v) is 2.94. The van der Waals surface area contributed by atoms with Crippen molar-refractivity contribution in [3.63, 3.8) is 0 Å². The molecule has 0 saturated heterocycles. The van der Waals surface area contributed by atoms with Gasteiger partial charge in [-0.2, -0.15) is 0 Å². The second-order valence-electron chi connectivity index (χ2n) is 1.93. The van der Waals surface area contributed by atoms with Crippen LogP contribution in [0.15, 0.2) is 6.20 Å². The van der Waals surface area contributed by atoms with Gasteiger partial charge in [0.1, 0.15) is 12.5 Å². The standard InChI is InChI=1S/C7H4N2O3S/c10-4-2-1-3-6-8-5-7(13-6)9(11)12/h4-5H,2H2. The highest BCUT2D eigenvalue weighted by Crippen LogP contribution is 2.19. The molecular weight excluding hydrogens is 192 g/mol. The molecule has 0 atom stereocenters. The lowest BCUT2D eigenvalue weighted by molar-refractivity contribution is -0.380. The second kappa shape index (κ2) is 4.33. The van der Waals surface area contributed by atoms with Crippen molar-refractivity contribution in [3.8, 4) is 11.8 Å². The van der Waals surface area contributed by atoms with E-state index in [2.05, 4.69) is 16.8 Å². The van der Waals surface area contributed by atoms with E-state index in [1.54, 1.807) is 0 Å². The van der Waals surface area contributed by atoms with Crippen LogP contribution in [0.25, 0.3) is 0 Å². The summed E-state index contributed by atoms with van der Waals surface area (Å²) in [6.45, 7) is 0. The molecule has 0 unspecified atom stereocenters. The molecule has 0 aliphatic rings. The van der Waals surface area contributed by atoms with E-state index in [9.17, 15) is 14.9 Å². The summed E-state index contributed by atoms with van der Waals surface area (Å²) in [4.78, 5) is 23.3. The Balaban J connectivity index is 2.76. The first-order valence-electron chi connectivity index (χ1n) is 3.26. The Bertz CT molecular complexity index is 388. The van der Waals surface area contributed by atoms with Gasteiger partial charge in [-0.1, -0.05) is 5.92 Å². The first-order chi connectivity index (χ1) is 6.24. The number of nitrogens with zero attached hydrogens (tertiary/aromatic N) is 2. The Labute approximate surface area is 77.6 Å². The van der Waals surface area contributed by atoms with Gasteiger partial charge in [0.25, 0.3) is 0 Å². The highest BCUT2D eigenvalue weighted by atomic mass is 32.1. The van der Waals surface area contributed by atoms with Gasteiger partial charge in [0.2, 0.25) is 0 Å². The van der Waals surface area contributed by atoms with Crippen LogP contribution in [0.4, 0.5) is 5.00 Å². The normalized spacial score (nSPS) is 8.62. The maximum atomic E-state index is 10.2. The molecule has 0 spiro atoms. The summed E-state index contributed by atoms with van der Waals surface area (Å²) in [6.07, 6.45) is 1.93. The van der Waals surface area contributed by atoms with Crippen molar-refractivity contribution in [3.05, 3.63) is 21.3 Å². The fourth-order valence-corrected chi connectivity index (χ4v) is 1.18. The Morgan fingerprint density at radius 2 is 2.54 bits per heavy atom. The van der Waals surface area contributed by atoms with Crippen molar-refractivity contribution < 1.29 is 9.72 Å². The summed E-state index contributed by atoms with van der Waals surface area (Å²) < 4.78 is 0. The van der Waals surface area contributed by atoms with Crippen molar-refractivity contribution in [2.24, 2.45) is 0 Å². The molecule has 0 aromatic carbocycles. The zero-order chi connectivity index (χ0) is 9.68. The Morgan fingerprint density at radius 1 is 1.77 bits per heavy atom. The number of thiazole rings is 1. The minimum atomic E-state index is -0.525. The zero-order valence-electron chi connectivity index (χ0n) is 6.39. The molecule has 0 N–H and O–H groups in total. The van der Waals surface area contributed by atoms with Gasteiger partial charge in [0, 0.05) is 0 Å². The lowest BCUT2D eigenvalue weighted by atomic mass is 10.5. The molecule has 0 saturated carbocycles. The molecule has 1 heterocycles. The maximum Gasteiger partial charge on any atom is 0.344 e. The molecule has 0 fully saturated rings. The lowest BCUT2D eigenvalue weighted by Crippen LogP contribution is -1.80. The van der Waals surface area contributed by atoms with E-state index in [1.807, 2.05) is 0 Å². The molecule has 6 heteroatoms. The zero-order valence-corrected chi connectivity index (χ0v) is 7.21. The number of aromatic nitrogens is 1. The van der Waals surface area contributed by atoms with Crippen LogP contribution < -0.4 is 0 Å². The molecular formula is C7H4N2O3S. The van der Waals surface area contributed by atoms with Crippen LogP contribution in [-0.4, -0.2) is 16.2 Å². The summed E-state index contributed by atoms with van der Waals surface area (Å²) in [6, 6.07) is 0. The van der Waals surface area contributed by atoms with Gasteiger partial charge in [0.15, 0.2) is 5.01 Å². The van der Waals surface area contributed by atoms with E-state index in [0.717, 1.165) is 17.5 Å². The summed E-state index contributed by atoms with van der Waals surface area (Å²) in [7, 11) is 0. The third-order valence-corrected chi connectivity index (χ3v) is 1.92. The predicted molar refractivity (Wildman–Crippen MR) is 46.3 cm³/mol. The van der Waals surface area contributed by atoms with Crippen molar-refractivity contribution >= 4 is 22.6 Å². The molecule has 0 aliphatic carbocycles. The first kappa shape index (κ1) is 9.35. The molecule has 1 aromatic rings. The van der Waals surface area contributed by atoms with Gasteiger partial charge in [-0.15, -0.1) is 0 Å². The van der Waals surface area contributed by atoms with E-state index in [0.29, 0.717) is 11.3 Å². The van der Waals surface area contributed by atoms with Gasteiger partial charge in [0.05, 0.1) is 11.3 Å². The number of hydrogen-bond acceptors (Lipinski definition) is 5. The van der Waals surface area contributed by atoms with Crippen LogP contribution >= 0.6 is 11.3 Å². The van der Waals surface area contributed by atoms with Gasteiger partial charge >= 0.3 is 5.00 Å². The molecule has 66 valence electrons. The van der Waals surface area contributed by atoms with E-state index in [-0.39, 0.29) is 11.4 Å². The largest absolute Gasteiger partial charge is 0.344 e. The average molecular weight is 196 g/mol. The highest BCUT2D eigenvalue weighted by Gasteiger charge is 2.09. The predicted octanol–water partition coefficient (Wildman–Crippen LogP) is 0.992. The minimum absolute atomic E-state index is 0.0459. The fourth-order valence-electron chi connectivity index (χ4n) is 0.576. The third kappa shape index (κ3) is 2.65. The SMILES string of the molecule is O=CCC#Cc1ncc([N+](=O)[O-])s1. The van der Waals surface area contributed by atoms with Gasteiger partial charge in [-0.05, 0) is 17.3 Å². The van der Waals surface area contributed by atoms with Gasteiger partial charge < -0.3 is 4.79 Å². The molecule has 13 heavy (non-hydrogen) atoms. The maximum absolute atomic E-state index is 10.2. The monoisotopic (exact) mass is 196 g/mol. The third-order valence-electron chi connectivity index (χ3n) is 1.05. The molecule has 0 bridgehead atoms. The Kier molecular flexibility index (Phi) is 3.11. The number of aldehydes is 1. The quantitative estimate of drug-likeness (QED) is 0.306.